The Balaban J connectivity index is 1.71. The van der Waals surface area contributed by atoms with Crippen LogP contribution in [0.25, 0.3) is 0 Å². The molecule has 2 aliphatic rings. The van der Waals surface area contributed by atoms with Crippen molar-refractivity contribution in [3.63, 3.8) is 0 Å². The van der Waals surface area contributed by atoms with Gasteiger partial charge in [-0.1, -0.05) is 0 Å². The molecule has 2 unspecified atom stereocenters. The SMILES string of the molecule is COCC(O)CN1CCC(N2CCOCC2)C1. The first-order chi connectivity index (χ1) is 8.29. The lowest BCUT2D eigenvalue weighted by molar-refractivity contribution is 0.0147. The Morgan fingerprint density at radius 3 is 2.82 bits per heavy atom. The fourth-order valence-electron chi connectivity index (χ4n) is 2.76. The highest BCUT2D eigenvalue weighted by Gasteiger charge is 2.29. The largest absolute Gasteiger partial charge is 0.389 e. The highest BCUT2D eigenvalue weighted by molar-refractivity contribution is 4.85. The first-order valence-electron chi connectivity index (χ1n) is 6.50. The van der Waals surface area contributed by atoms with E-state index in [1.807, 2.05) is 0 Å². The Kier molecular flexibility index (Phi) is 5.18. The minimum Gasteiger partial charge on any atom is -0.389 e. The number of aliphatic hydroxyl groups excluding tert-OH is 1. The van der Waals surface area contributed by atoms with Crippen LogP contribution >= 0.6 is 0 Å². The molecule has 0 saturated carbocycles. The van der Waals surface area contributed by atoms with Crippen molar-refractivity contribution in [3.05, 3.63) is 0 Å². The molecule has 2 rings (SSSR count). The fraction of sp³-hybridized carbons (Fsp3) is 1.00. The minimum absolute atomic E-state index is 0.358. The predicted molar refractivity (Wildman–Crippen MR) is 65.1 cm³/mol. The first-order valence-corrected chi connectivity index (χ1v) is 6.50. The van der Waals surface area contributed by atoms with Crippen molar-refractivity contribution < 1.29 is 14.6 Å². The van der Waals surface area contributed by atoms with Crippen LogP contribution in [0.4, 0.5) is 0 Å². The molecular formula is C12H24N2O3. The van der Waals surface area contributed by atoms with Gasteiger partial charge in [-0.15, -0.1) is 0 Å². The van der Waals surface area contributed by atoms with E-state index in [2.05, 4.69) is 9.80 Å². The summed E-state index contributed by atoms with van der Waals surface area (Å²) in [5, 5.41) is 9.71. The van der Waals surface area contributed by atoms with Crippen molar-refractivity contribution in [1.82, 2.24) is 9.80 Å². The van der Waals surface area contributed by atoms with E-state index in [4.69, 9.17) is 9.47 Å². The summed E-state index contributed by atoms with van der Waals surface area (Å²) in [5.74, 6) is 0. The van der Waals surface area contributed by atoms with Gasteiger partial charge in [0.1, 0.15) is 0 Å². The number of likely N-dealkylation sites (tertiary alicyclic amines) is 1. The zero-order chi connectivity index (χ0) is 12.1. The lowest BCUT2D eigenvalue weighted by Gasteiger charge is -2.32. The van der Waals surface area contributed by atoms with Gasteiger partial charge in [0.05, 0.1) is 25.9 Å². The van der Waals surface area contributed by atoms with Gasteiger partial charge >= 0.3 is 0 Å². The van der Waals surface area contributed by atoms with Gasteiger partial charge in [0, 0.05) is 39.3 Å². The molecule has 100 valence electrons. The maximum absolute atomic E-state index is 9.71. The second kappa shape index (κ2) is 6.66. The van der Waals surface area contributed by atoms with Crippen LogP contribution < -0.4 is 0 Å². The quantitative estimate of drug-likeness (QED) is 0.700. The van der Waals surface area contributed by atoms with Gasteiger partial charge in [-0.3, -0.25) is 9.80 Å². The summed E-state index contributed by atoms with van der Waals surface area (Å²) in [4.78, 5) is 4.86. The molecule has 2 heterocycles. The van der Waals surface area contributed by atoms with Crippen molar-refractivity contribution in [2.75, 3.05) is 59.7 Å². The lowest BCUT2D eigenvalue weighted by atomic mass is 10.2. The predicted octanol–water partition coefficient (Wildman–Crippen LogP) is -0.600. The average molecular weight is 244 g/mol. The number of β-amino-alcohol motifs (C(OH)–C–C–N with tert-alkyl or cyclic N) is 1. The average Bonchev–Trinajstić information content (AvgIpc) is 2.79. The van der Waals surface area contributed by atoms with E-state index in [1.54, 1.807) is 7.11 Å². The van der Waals surface area contributed by atoms with E-state index in [9.17, 15) is 5.11 Å². The molecule has 17 heavy (non-hydrogen) atoms. The Morgan fingerprint density at radius 1 is 1.35 bits per heavy atom. The number of nitrogens with zero attached hydrogens (tertiary/aromatic N) is 2. The number of morpholine rings is 1. The normalized spacial score (nSPS) is 29.6. The number of methoxy groups -OCH3 is 1. The summed E-state index contributed by atoms with van der Waals surface area (Å²) >= 11 is 0. The number of hydrogen-bond acceptors (Lipinski definition) is 5. The minimum atomic E-state index is -0.358. The summed E-state index contributed by atoms with van der Waals surface area (Å²) in [6, 6.07) is 0.647. The number of ether oxygens (including phenoxy) is 2. The molecule has 0 spiro atoms. The Morgan fingerprint density at radius 2 is 2.12 bits per heavy atom. The molecule has 0 radical (unpaired) electrons. The smallest absolute Gasteiger partial charge is 0.0900 e. The molecule has 0 aromatic carbocycles. The van der Waals surface area contributed by atoms with Crippen LogP contribution in [0, 0.1) is 0 Å². The molecule has 0 aromatic heterocycles. The highest BCUT2D eigenvalue weighted by atomic mass is 16.5. The molecular weight excluding hydrogens is 220 g/mol. The van der Waals surface area contributed by atoms with E-state index < -0.39 is 0 Å². The van der Waals surface area contributed by atoms with Gasteiger partial charge in [0.2, 0.25) is 0 Å². The van der Waals surface area contributed by atoms with E-state index in [0.29, 0.717) is 12.6 Å². The van der Waals surface area contributed by atoms with Crippen molar-refractivity contribution in [3.8, 4) is 0 Å². The van der Waals surface area contributed by atoms with Crippen LogP contribution in [0.2, 0.25) is 0 Å². The number of aliphatic hydroxyl groups is 1. The Bertz CT molecular complexity index is 222. The van der Waals surface area contributed by atoms with Crippen LogP contribution in [-0.4, -0.2) is 86.7 Å². The topological polar surface area (TPSA) is 45.2 Å². The summed E-state index contributed by atoms with van der Waals surface area (Å²) in [6.45, 7) is 7.15. The maximum atomic E-state index is 9.71. The molecule has 2 atom stereocenters. The Labute approximate surface area is 103 Å². The summed E-state index contributed by atoms with van der Waals surface area (Å²) in [6.07, 6.45) is 0.850. The third kappa shape index (κ3) is 3.89. The van der Waals surface area contributed by atoms with Crippen molar-refractivity contribution >= 4 is 0 Å². The maximum Gasteiger partial charge on any atom is 0.0900 e. The van der Waals surface area contributed by atoms with Crippen LogP contribution in [0.1, 0.15) is 6.42 Å². The third-order valence-corrected chi connectivity index (χ3v) is 3.64. The second-order valence-electron chi connectivity index (χ2n) is 4.96. The summed E-state index contributed by atoms with van der Waals surface area (Å²) in [7, 11) is 1.63. The van der Waals surface area contributed by atoms with Crippen LogP contribution in [0.3, 0.4) is 0 Å². The molecule has 0 amide bonds. The van der Waals surface area contributed by atoms with Gasteiger partial charge in [-0.25, -0.2) is 0 Å². The molecule has 0 bridgehead atoms. The Hall–Kier alpha value is -0.200. The molecule has 2 fully saturated rings. The number of hydrogen-bond donors (Lipinski definition) is 1. The fourth-order valence-corrected chi connectivity index (χ4v) is 2.76. The molecule has 1 N–H and O–H groups in total. The van der Waals surface area contributed by atoms with Gasteiger partial charge in [0.15, 0.2) is 0 Å². The van der Waals surface area contributed by atoms with Crippen molar-refractivity contribution in [2.24, 2.45) is 0 Å². The molecule has 5 nitrogen and oxygen atoms in total. The van der Waals surface area contributed by atoms with Gasteiger partial charge in [0.25, 0.3) is 0 Å². The summed E-state index contributed by atoms with van der Waals surface area (Å²) < 4.78 is 10.3. The summed E-state index contributed by atoms with van der Waals surface area (Å²) in [5.41, 5.74) is 0. The molecule has 0 aliphatic carbocycles. The standard InChI is InChI=1S/C12H24N2O3/c1-16-10-12(15)9-13-3-2-11(8-13)14-4-6-17-7-5-14/h11-12,15H,2-10H2,1H3. The monoisotopic (exact) mass is 244 g/mol. The second-order valence-corrected chi connectivity index (χ2v) is 4.96. The zero-order valence-electron chi connectivity index (χ0n) is 10.7. The molecule has 2 saturated heterocycles. The van der Waals surface area contributed by atoms with Gasteiger partial charge in [-0.05, 0) is 13.0 Å². The zero-order valence-corrected chi connectivity index (χ0v) is 10.7. The molecule has 2 aliphatic heterocycles. The van der Waals surface area contributed by atoms with Crippen molar-refractivity contribution in [1.29, 1.82) is 0 Å². The number of rotatable bonds is 5. The van der Waals surface area contributed by atoms with Crippen molar-refractivity contribution in [2.45, 2.75) is 18.6 Å². The van der Waals surface area contributed by atoms with Crippen LogP contribution in [0.15, 0.2) is 0 Å². The van der Waals surface area contributed by atoms with Gasteiger partial charge in [-0.2, -0.15) is 0 Å². The molecule has 0 aromatic rings. The van der Waals surface area contributed by atoms with E-state index in [-0.39, 0.29) is 6.10 Å². The van der Waals surface area contributed by atoms with E-state index in [0.717, 1.165) is 45.9 Å². The highest BCUT2D eigenvalue weighted by Crippen LogP contribution is 2.17. The van der Waals surface area contributed by atoms with E-state index >= 15 is 0 Å². The van der Waals surface area contributed by atoms with Gasteiger partial charge < -0.3 is 14.6 Å². The molecule has 5 heteroatoms. The third-order valence-electron chi connectivity index (χ3n) is 3.64. The van der Waals surface area contributed by atoms with E-state index in [1.165, 1.54) is 6.42 Å². The van der Waals surface area contributed by atoms with Crippen LogP contribution in [-0.2, 0) is 9.47 Å². The van der Waals surface area contributed by atoms with Crippen LogP contribution in [0.5, 0.6) is 0 Å². The first kappa shape index (κ1) is 13.2. The lowest BCUT2D eigenvalue weighted by Crippen LogP contribution is -2.45.